The van der Waals surface area contributed by atoms with E-state index in [0.717, 1.165) is 23.6 Å². The first-order valence-corrected chi connectivity index (χ1v) is 11.5. The molecule has 0 atom stereocenters. The zero-order chi connectivity index (χ0) is 22.4. The maximum Gasteiger partial charge on any atom is 2.00 e. The molecule has 12 heteroatoms. The van der Waals surface area contributed by atoms with Gasteiger partial charge in [0.2, 0.25) is 0 Å². The molecule has 4 aromatic rings. The second-order valence-corrected chi connectivity index (χ2v) is 9.29. The topological polar surface area (TPSA) is 159 Å². The van der Waals surface area contributed by atoms with Crippen LogP contribution in [0.2, 0.25) is 0 Å². The van der Waals surface area contributed by atoms with E-state index in [2.05, 4.69) is 10.2 Å². The Bertz CT molecular complexity index is 1600. The average Bonchev–Trinajstić information content (AvgIpc) is 2.70. The summed E-state index contributed by atoms with van der Waals surface area (Å²) in [5, 5.41) is 21.1. The Balaban J connectivity index is 0.00000289. The molecule has 32 heavy (non-hydrogen) atoms. The molecule has 1 N–H and O–H groups in total. The summed E-state index contributed by atoms with van der Waals surface area (Å²) in [6, 6.07) is 15.3. The quantitative estimate of drug-likeness (QED) is 0.216. The average molecular weight is 594 g/mol. The van der Waals surface area contributed by atoms with Crippen molar-refractivity contribution in [2.75, 3.05) is 0 Å². The molecule has 4 rings (SSSR count). The first-order valence-electron chi connectivity index (χ1n) is 8.66. The van der Waals surface area contributed by atoms with Gasteiger partial charge in [0.05, 0.1) is 16.3 Å². The predicted molar refractivity (Wildman–Crippen MR) is 115 cm³/mol. The molecule has 0 aliphatic carbocycles. The normalized spacial score (nSPS) is 12.3. The predicted octanol–water partition coefficient (Wildman–Crippen LogP) is 3.25. The summed E-state index contributed by atoms with van der Waals surface area (Å²) >= 11 is 0. The van der Waals surface area contributed by atoms with E-state index in [9.17, 15) is 31.0 Å². The zero-order valence-electron chi connectivity index (χ0n) is 16.2. The van der Waals surface area contributed by atoms with Gasteiger partial charge in [-0.15, -0.1) is 0 Å². The van der Waals surface area contributed by atoms with Crippen LogP contribution in [-0.4, -0.2) is 74.8 Å². The molecule has 0 fully saturated rings. The van der Waals surface area contributed by atoms with Crippen molar-refractivity contribution in [1.82, 2.24) is 0 Å². The summed E-state index contributed by atoms with van der Waals surface area (Å²) in [6.07, 6.45) is 0. The standard InChI is InChI=1S/C20H14N2O7S2.Ba/c23-17-8-5-12-3-1-2-4-14(12)20(17)22-21-13-6-7-15-16(11-13)19(31(27,28)29)10-9-18(15)30(24,25)26;/h1-11,23H,(H,24,25,26)(H,27,28,29);/q;+2/p-2. The van der Waals surface area contributed by atoms with Crippen LogP contribution >= 0.6 is 0 Å². The Hall–Kier alpha value is -1.81. The van der Waals surface area contributed by atoms with E-state index in [1.165, 1.54) is 18.2 Å². The van der Waals surface area contributed by atoms with Crippen molar-refractivity contribution in [1.29, 1.82) is 0 Å². The van der Waals surface area contributed by atoms with E-state index >= 15 is 0 Å². The Morgan fingerprint density at radius 3 is 2.12 bits per heavy atom. The minimum Gasteiger partial charge on any atom is -0.871 e. The molecule has 4 aromatic carbocycles. The van der Waals surface area contributed by atoms with Crippen LogP contribution in [0.1, 0.15) is 0 Å². The minimum absolute atomic E-state index is 0. The van der Waals surface area contributed by atoms with Crippen molar-refractivity contribution in [3.63, 3.8) is 0 Å². The SMILES string of the molecule is O=S(=O)([O-])c1ccc(S(=O)(=O)O)c2cc(N=Nc3c([O-])ccc4ccccc34)ccc12.[Ba+2]. The molecule has 0 bridgehead atoms. The summed E-state index contributed by atoms with van der Waals surface area (Å²) in [5.41, 5.74) is 0.147. The van der Waals surface area contributed by atoms with Crippen LogP contribution in [0.4, 0.5) is 11.4 Å². The van der Waals surface area contributed by atoms with Crippen LogP contribution in [0.15, 0.2) is 86.7 Å². The molecule has 9 nitrogen and oxygen atoms in total. The molecule has 158 valence electrons. The third kappa shape index (κ3) is 4.90. The van der Waals surface area contributed by atoms with Gasteiger partial charge < -0.3 is 9.66 Å². The molecule has 0 saturated heterocycles. The van der Waals surface area contributed by atoms with E-state index < -0.39 is 30.0 Å². The third-order valence-electron chi connectivity index (χ3n) is 4.60. The van der Waals surface area contributed by atoms with Gasteiger partial charge in [-0.2, -0.15) is 18.6 Å². The monoisotopic (exact) mass is 594 g/mol. The largest absolute Gasteiger partial charge is 2.00 e. The molecule has 0 aromatic heterocycles. The molecular formula is C20H12BaN2O7S2. The van der Waals surface area contributed by atoms with Gasteiger partial charge in [-0.3, -0.25) is 4.55 Å². The Morgan fingerprint density at radius 1 is 0.750 bits per heavy atom. The van der Waals surface area contributed by atoms with Gasteiger partial charge in [-0.05, 0) is 29.7 Å². The van der Waals surface area contributed by atoms with E-state index in [1.54, 1.807) is 30.3 Å². The molecule has 0 heterocycles. The van der Waals surface area contributed by atoms with E-state index in [4.69, 9.17) is 0 Å². The molecule has 0 aliphatic heterocycles. The summed E-state index contributed by atoms with van der Waals surface area (Å²) < 4.78 is 67.5. The van der Waals surface area contributed by atoms with Gasteiger partial charge in [0.15, 0.2) is 0 Å². The zero-order valence-corrected chi connectivity index (χ0v) is 22.2. The fourth-order valence-electron chi connectivity index (χ4n) is 3.23. The van der Waals surface area contributed by atoms with Gasteiger partial charge >= 0.3 is 48.9 Å². The summed E-state index contributed by atoms with van der Waals surface area (Å²) in [4.78, 5) is -1.24. The molecule has 0 unspecified atom stereocenters. The van der Waals surface area contributed by atoms with Crippen molar-refractivity contribution in [2.45, 2.75) is 9.79 Å². The number of hydrogen-bond acceptors (Lipinski definition) is 8. The molecule has 0 amide bonds. The number of fused-ring (bicyclic) bond motifs is 2. The maximum atomic E-state index is 12.2. The molecule has 0 aliphatic rings. The van der Waals surface area contributed by atoms with Crippen molar-refractivity contribution in [3.8, 4) is 5.75 Å². The van der Waals surface area contributed by atoms with Gasteiger partial charge in [0, 0.05) is 16.2 Å². The van der Waals surface area contributed by atoms with Gasteiger partial charge in [0.25, 0.3) is 10.1 Å². The van der Waals surface area contributed by atoms with Crippen molar-refractivity contribution in [3.05, 3.63) is 66.7 Å². The van der Waals surface area contributed by atoms with Crippen LogP contribution in [-0.2, 0) is 20.2 Å². The van der Waals surface area contributed by atoms with Crippen molar-refractivity contribution in [2.24, 2.45) is 10.2 Å². The summed E-state index contributed by atoms with van der Waals surface area (Å²) in [7, 11) is -9.64. The maximum absolute atomic E-state index is 12.2. The molecule has 0 radical (unpaired) electrons. The first kappa shape index (κ1) is 24.8. The summed E-state index contributed by atoms with van der Waals surface area (Å²) in [6.45, 7) is 0. The Morgan fingerprint density at radius 2 is 1.44 bits per heavy atom. The van der Waals surface area contributed by atoms with Crippen molar-refractivity contribution >= 4 is 102 Å². The number of nitrogens with zero attached hydrogens (tertiary/aromatic N) is 2. The van der Waals surface area contributed by atoms with E-state index in [1.807, 2.05) is 0 Å². The summed E-state index contributed by atoms with van der Waals surface area (Å²) in [5.74, 6) is -0.374. The Kier molecular flexibility index (Phi) is 7.14. The Labute approximate surface area is 223 Å². The number of rotatable bonds is 4. The van der Waals surface area contributed by atoms with E-state index in [-0.39, 0.29) is 76.8 Å². The number of azo groups is 1. The second kappa shape index (κ2) is 9.21. The fraction of sp³-hybridized carbons (Fsp3) is 0. The van der Waals surface area contributed by atoms with Gasteiger partial charge in [-0.25, -0.2) is 8.42 Å². The van der Waals surface area contributed by atoms with Crippen LogP contribution in [0.3, 0.4) is 0 Å². The minimum atomic E-state index is -4.91. The molecule has 0 saturated carbocycles. The third-order valence-corrected chi connectivity index (χ3v) is 6.40. The molecular weight excluding hydrogens is 582 g/mol. The fourth-order valence-corrected chi connectivity index (χ4v) is 4.60. The number of hydrogen-bond donors (Lipinski definition) is 1. The number of benzene rings is 4. The van der Waals surface area contributed by atoms with Crippen LogP contribution in [0.5, 0.6) is 5.75 Å². The first-order chi connectivity index (χ1) is 14.6. The van der Waals surface area contributed by atoms with Gasteiger partial charge in [-0.1, -0.05) is 48.2 Å². The second-order valence-electron chi connectivity index (χ2n) is 6.55. The van der Waals surface area contributed by atoms with Gasteiger partial charge in [0.1, 0.15) is 15.0 Å². The van der Waals surface area contributed by atoms with Crippen LogP contribution < -0.4 is 5.11 Å². The van der Waals surface area contributed by atoms with Crippen LogP contribution in [0.25, 0.3) is 21.5 Å². The van der Waals surface area contributed by atoms with Crippen molar-refractivity contribution < 1.29 is 31.0 Å². The molecule has 0 spiro atoms. The smallest absolute Gasteiger partial charge is 0.871 e. The van der Waals surface area contributed by atoms with E-state index in [0.29, 0.717) is 5.39 Å². The van der Waals surface area contributed by atoms with Crippen LogP contribution in [0, 0.1) is 0 Å².